The second-order valence-electron chi connectivity index (χ2n) is 7.33. The highest BCUT2D eigenvalue weighted by Gasteiger charge is 2.50. The molecule has 0 spiro atoms. The van der Waals surface area contributed by atoms with Crippen LogP contribution in [-0.2, 0) is 30.8 Å². The van der Waals surface area contributed by atoms with E-state index in [4.69, 9.17) is 9.47 Å². The summed E-state index contributed by atoms with van der Waals surface area (Å²) in [6.07, 6.45) is 1.72. The molecule has 0 radical (unpaired) electrons. The van der Waals surface area contributed by atoms with Crippen molar-refractivity contribution in [3.63, 3.8) is 0 Å². The molecular formula is C19H23NO6S. The Bertz CT molecular complexity index is 916. The predicted octanol–water partition coefficient (Wildman–Crippen LogP) is 2.37. The summed E-state index contributed by atoms with van der Waals surface area (Å²) in [4.78, 5) is 25.1. The van der Waals surface area contributed by atoms with E-state index in [-0.39, 0.29) is 11.3 Å². The Hall–Kier alpha value is -2.35. The van der Waals surface area contributed by atoms with Crippen molar-refractivity contribution in [2.24, 2.45) is 5.41 Å². The molecule has 1 amide bonds. The zero-order valence-electron chi connectivity index (χ0n) is 15.6. The molecule has 1 aromatic carbocycles. The number of rotatable bonds is 5. The van der Waals surface area contributed by atoms with Gasteiger partial charge in [0.2, 0.25) is 0 Å². The van der Waals surface area contributed by atoms with Gasteiger partial charge in [-0.1, -0.05) is 32.0 Å². The van der Waals surface area contributed by atoms with Crippen molar-refractivity contribution in [3.05, 3.63) is 40.3 Å². The molecule has 1 aliphatic carbocycles. The van der Waals surface area contributed by atoms with Crippen LogP contribution in [0, 0.1) is 5.41 Å². The number of carbonyl (C=O) groups excluding carboxylic acids is 2. The maximum Gasteiger partial charge on any atom is 0.312 e. The van der Waals surface area contributed by atoms with Gasteiger partial charge >= 0.3 is 5.97 Å². The summed E-state index contributed by atoms with van der Waals surface area (Å²) < 4.78 is 36.4. The number of esters is 1. The van der Waals surface area contributed by atoms with Crippen molar-refractivity contribution < 1.29 is 27.5 Å². The van der Waals surface area contributed by atoms with E-state index in [9.17, 15) is 18.0 Å². The van der Waals surface area contributed by atoms with E-state index in [0.29, 0.717) is 34.0 Å². The van der Waals surface area contributed by atoms with Gasteiger partial charge < -0.3 is 9.47 Å². The first-order valence-electron chi connectivity index (χ1n) is 8.76. The first kappa shape index (κ1) is 19.4. The van der Waals surface area contributed by atoms with E-state index in [1.165, 1.54) is 7.11 Å². The molecule has 0 aromatic heterocycles. The van der Waals surface area contributed by atoms with Crippen LogP contribution in [0.5, 0.6) is 5.75 Å². The quantitative estimate of drug-likeness (QED) is 0.714. The van der Waals surface area contributed by atoms with Crippen LogP contribution < -0.4 is 4.74 Å². The Kier molecular flexibility index (Phi) is 5.03. The molecule has 0 fully saturated rings. The number of ether oxygens (including phenoxy) is 2. The number of allylic oxidation sites excluding steroid dienone is 1. The predicted molar refractivity (Wildman–Crippen MR) is 98.1 cm³/mol. The third-order valence-electron chi connectivity index (χ3n) is 5.07. The number of hydrogen-bond acceptors (Lipinski definition) is 6. The Morgan fingerprint density at radius 2 is 1.96 bits per heavy atom. The molecule has 1 heterocycles. The Morgan fingerprint density at radius 1 is 1.26 bits per heavy atom. The van der Waals surface area contributed by atoms with Crippen LogP contribution in [0.2, 0.25) is 0 Å². The maximum absolute atomic E-state index is 12.7. The van der Waals surface area contributed by atoms with Gasteiger partial charge in [0.15, 0.2) is 6.73 Å². The van der Waals surface area contributed by atoms with Crippen molar-refractivity contribution >= 4 is 21.9 Å². The first-order chi connectivity index (χ1) is 12.7. The Balaban J connectivity index is 1.72. The van der Waals surface area contributed by atoms with Gasteiger partial charge in [-0.05, 0) is 30.7 Å². The molecule has 8 heteroatoms. The molecule has 27 heavy (non-hydrogen) atoms. The number of sulfonamides is 1. The number of nitrogens with zero attached hydrogens (tertiary/aromatic N) is 1. The summed E-state index contributed by atoms with van der Waals surface area (Å²) in [5.41, 5.74) is 0.446. The molecule has 2 aliphatic rings. The van der Waals surface area contributed by atoms with Gasteiger partial charge in [0.1, 0.15) is 5.75 Å². The van der Waals surface area contributed by atoms with Gasteiger partial charge in [0.05, 0.1) is 18.4 Å². The molecule has 0 unspecified atom stereocenters. The first-order valence-corrected chi connectivity index (χ1v) is 10.2. The van der Waals surface area contributed by atoms with Crippen molar-refractivity contribution in [1.29, 1.82) is 0 Å². The fourth-order valence-corrected chi connectivity index (χ4v) is 5.46. The summed E-state index contributed by atoms with van der Waals surface area (Å²) in [6, 6.07) is 6.98. The second kappa shape index (κ2) is 6.99. The lowest BCUT2D eigenvalue weighted by atomic mass is 9.75. The molecule has 0 atom stereocenters. The van der Waals surface area contributed by atoms with Crippen LogP contribution in [0.25, 0.3) is 0 Å². The smallest absolute Gasteiger partial charge is 0.312 e. The fraction of sp³-hybridized carbons (Fsp3) is 0.474. The van der Waals surface area contributed by atoms with Gasteiger partial charge in [-0.3, -0.25) is 9.59 Å². The van der Waals surface area contributed by atoms with Gasteiger partial charge in [0, 0.05) is 11.1 Å². The van der Waals surface area contributed by atoms with Crippen molar-refractivity contribution in [2.45, 2.75) is 39.5 Å². The van der Waals surface area contributed by atoms with Gasteiger partial charge in [-0.2, -0.15) is 4.31 Å². The Labute approximate surface area is 159 Å². The minimum atomic E-state index is -3.93. The van der Waals surface area contributed by atoms with Crippen LogP contribution in [0.3, 0.4) is 0 Å². The summed E-state index contributed by atoms with van der Waals surface area (Å²) in [6.45, 7) is 3.12. The monoisotopic (exact) mass is 393 g/mol. The average Bonchev–Trinajstić information content (AvgIpc) is 2.80. The van der Waals surface area contributed by atoms with Gasteiger partial charge in [0.25, 0.3) is 15.9 Å². The second-order valence-corrected chi connectivity index (χ2v) is 9.21. The van der Waals surface area contributed by atoms with Crippen LogP contribution in [-0.4, -0.2) is 38.4 Å². The lowest BCUT2D eigenvalue weighted by Gasteiger charge is -2.29. The molecule has 3 rings (SSSR count). The van der Waals surface area contributed by atoms with Gasteiger partial charge in [-0.25, -0.2) is 8.42 Å². The highest BCUT2D eigenvalue weighted by atomic mass is 32.2. The molecule has 1 aliphatic heterocycles. The summed E-state index contributed by atoms with van der Waals surface area (Å²) in [5, 5.41) is 0. The lowest BCUT2D eigenvalue weighted by Crippen LogP contribution is -2.36. The van der Waals surface area contributed by atoms with Crippen molar-refractivity contribution in [1.82, 2.24) is 4.31 Å². The summed E-state index contributed by atoms with van der Waals surface area (Å²) >= 11 is 0. The normalized spacial score (nSPS) is 20.4. The molecule has 1 aromatic rings. The van der Waals surface area contributed by atoms with Crippen molar-refractivity contribution in [3.8, 4) is 5.75 Å². The number of benzene rings is 1. The highest BCUT2D eigenvalue weighted by Crippen LogP contribution is 2.47. The molecule has 0 saturated carbocycles. The number of amides is 1. The largest absolute Gasteiger partial charge is 0.496 e. The van der Waals surface area contributed by atoms with E-state index in [1.807, 2.05) is 13.8 Å². The summed E-state index contributed by atoms with van der Waals surface area (Å²) in [7, 11) is -2.43. The minimum Gasteiger partial charge on any atom is -0.496 e. The minimum absolute atomic E-state index is 0.0786. The highest BCUT2D eigenvalue weighted by molar-refractivity contribution is 7.94. The van der Waals surface area contributed by atoms with E-state index in [2.05, 4.69) is 0 Å². The third-order valence-corrected chi connectivity index (χ3v) is 6.96. The maximum atomic E-state index is 12.7. The molecule has 0 bridgehead atoms. The molecule has 0 saturated heterocycles. The van der Waals surface area contributed by atoms with Crippen LogP contribution in [0.1, 0.15) is 38.7 Å². The van der Waals surface area contributed by atoms with E-state index < -0.39 is 34.0 Å². The number of para-hydroxylation sites is 1. The molecule has 0 N–H and O–H groups in total. The molecule has 146 valence electrons. The van der Waals surface area contributed by atoms with Crippen LogP contribution >= 0.6 is 0 Å². The fourth-order valence-electron chi connectivity index (χ4n) is 3.67. The summed E-state index contributed by atoms with van der Waals surface area (Å²) in [5.74, 6) is -0.676. The molecular weight excluding hydrogens is 370 g/mol. The van der Waals surface area contributed by atoms with Crippen molar-refractivity contribution in [2.75, 3.05) is 13.8 Å². The van der Waals surface area contributed by atoms with E-state index in [1.54, 1.807) is 24.3 Å². The Morgan fingerprint density at radius 3 is 2.63 bits per heavy atom. The van der Waals surface area contributed by atoms with E-state index >= 15 is 0 Å². The SMILES string of the molecule is COc1ccccc1CC(=O)OCN1C(=O)C2=C(CCCC2(C)C)S1(=O)=O. The number of carbonyl (C=O) groups is 2. The molecule has 7 nitrogen and oxygen atoms in total. The van der Waals surface area contributed by atoms with Crippen LogP contribution in [0.4, 0.5) is 0 Å². The topological polar surface area (TPSA) is 90.0 Å². The van der Waals surface area contributed by atoms with E-state index in [0.717, 1.165) is 6.42 Å². The lowest BCUT2D eigenvalue weighted by molar-refractivity contribution is -0.147. The zero-order chi connectivity index (χ0) is 19.8. The number of methoxy groups -OCH3 is 1. The average molecular weight is 393 g/mol. The standard InChI is InChI=1S/C19H23NO6S/c1-19(2)10-6-9-15-17(19)18(22)20(27(15,23)24)12-26-16(21)11-13-7-4-5-8-14(13)25-3/h4-5,7-8H,6,9-12H2,1-3H3. The zero-order valence-corrected chi connectivity index (χ0v) is 16.5. The van der Waals surface area contributed by atoms with Gasteiger partial charge in [-0.15, -0.1) is 0 Å². The van der Waals surface area contributed by atoms with Crippen LogP contribution in [0.15, 0.2) is 34.7 Å². The number of hydrogen-bond donors (Lipinski definition) is 0. The third kappa shape index (κ3) is 3.45.